The number of halogens is 3. The van der Waals surface area contributed by atoms with Crippen LogP contribution in [-0.4, -0.2) is 50.9 Å². The van der Waals surface area contributed by atoms with Crippen LogP contribution in [0.5, 0.6) is 5.75 Å². The number of hydrogen-bond donors (Lipinski definition) is 1. The van der Waals surface area contributed by atoms with E-state index >= 15 is 0 Å². The van der Waals surface area contributed by atoms with Gasteiger partial charge in [-0.1, -0.05) is 53.9 Å². The summed E-state index contributed by atoms with van der Waals surface area (Å²) in [4.78, 5) is 28.8. The zero-order chi connectivity index (χ0) is 31.2. The number of benzene rings is 3. The van der Waals surface area contributed by atoms with Gasteiger partial charge >= 0.3 is 0 Å². The van der Waals surface area contributed by atoms with Crippen molar-refractivity contribution in [2.45, 2.75) is 57.6 Å². The van der Waals surface area contributed by atoms with Gasteiger partial charge in [0, 0.05) is 28.2 Å². The van der Waals surface area contributed by atoms with Gasteiger partial charge in [0.05, 0.1) is 22.2 Å². The van der Waals surface area contributed by atoms with Crippen LogP contribution in [0.1, 0.15) is 38.3 Å². The van der Waals surface area contributed by atoms with Crippen molar-refractivity contribution >= 4 is 66.7 Å². The minimum atomic E-state index is -4.26. The third kappa shape index (κ3) is 7.98. The molecule has 0 aliphatic heterocycles. The molecular formula is C30H34BrCl2N3O5S. The lowest BCUT2D eigenvalue weighted by molar-refractivity contribution is -0.140. The number of methoxy groups -OCH3 is 1. The van der Waals surface area contributed by atoms with E-state index in [1.54, 1.807) is 49.4 Å². The highest BCUT2D eigenvalue weighted by Crippen LogP contribution is 2.32. The average molecular weight is 699 g/mol. The maximum Gasteiger partial charge on any atom is 0.264 e. The highest BCUT2D eigenvalue weighted by molar-refractivity contribution is 9.10. The quantitative estimate of drug-likeness (QED) is 0.230. The van der Waals surface area contributed by atoms with Crippen molar-refractivity contribution in [2.75, 3.05) is 18.0 Å². The fraction of sp³-hybridized carbons (Fsp3) is 0.333. The summed E-state index contributed by atoms with van der Waals surface area (Å²) >= 11 is 16.3. The summed E-state index contributed by atoms with van der Waals surface area (Å²) in [6, 6.07) is 15.0. The first-order valence-electron chi connectivity index (χ1n) is 13.3. The van der Waals surface area contributed by atoms with Crippen molar-refractivity contribution in [3.8, 4) is 5.75 Å². The molecule has 0 saturated carbocycles. The SMILES string of the molecule is CCC(C(=O)NC(C)C)N(Cc1c(Cl)cccc1Cl)C(=O)CN(c1ccc(C)cc1)S(=O)(=O)c1ccc(OC)c(Br)c1. The highest BCUT2D eigenvalue weighted by atomic mass is 79.9. The predicted octanol–water partition coefficient (Wildman–Crippen LogP) is 6.60. The van der Waals surface area contributed by atoms with Gasteiger partial charge in [-0.3, -0.25) is 13.9 Å². The van der Waals surface area contributed by atoms with Crippen LogP contribution in [0, 0.1) is 6.92 Å². The van der Waals surface area contributed by atoms with Gasteiger partial charge < -0.3 is 15.0 Å². The third-order valence-electron chi connectivity index (χ3n) is 6.52. The van der Waals surface area contributed by atoms with Gasteiger partial charge in [0.1, 0.15) is 18.3 Å². The van der Waals surface area contributed by atoms with Gasteiger partial charge in [0.25, 0.3) is 10.0 Å². The smallest absolute Gasteiger partial charge is 0.264 e. The number of nitrogens with zero attached hydrogens (tertiary/aromatic N) is 2. The second kappa shape index (κ2) is 14.6. The molecule has 1 N–H and O–H groups in total. The molecule has 0 aliphatic carbocycles. The molecule has 3 rings (SSSR count). The Morgan fingerprint density at radius 3 is 2.17 bits per heavy atom. The Morgan fingerprint density at radius 2 is 1.64 bits per heavy atom. The highest BCUT2D eigenvalue weighted by Gasteiger charge is 2.34. The lowest BCUT2D eigenvalue weighted by Crippen LogP contribution is -2.53. The standard InChI is InChI=1S/C30H34BrCl2N3O5S/c1-6-27(30(38)34-19(2)3)35(17-23-25(32)8-7-9-26(23)33)29(37)18-36(21-12-10-20(4)11-13-21)42(39,40)22-14-15-28(41-5)24(31)16-22/h7-16,19,27H,6,17-18H2,1-5H3,(H,34,38). The predicted molar refractivity (Wildman–Crippen MR) is 171 cm³/mol. The van der Waals surface area contributed by atoms with Gasteiger partial charge in [0.15, 0.2) is 0 Å². The van der Waals surface area contributed by atoms with E-state index in [-0.39, 0.29) is 35.5 Å². The fourth-order valence-electron chi connectivity index (χ4n) is 4.33. The number of sulfonamides is 1. The van der Waals surface area contributed by atoms with E-state index in [0.29, 0.717) is 25.8 Å². The zero-order valence-corrected chi connectivity index (χ0v) is 27.9. The summed E-state index contributed by atoms with van der Waals surface area (Å²) in [5.41, 5.74) is 1.66. The average Bonchev–Trinajstić information content (AvgIpc) is 2.93. The zero-order valence-electron chi connectivity index (χ0n) is 24.0. The molecule has 0 saturated heterocycles. The molecule has 42 heavy (non-hydrogen) atoms. The maximum atomic E-state index is 14.2. The van der Waals surface area contributed by atoms with Crippen molar-refractivity contribution in [2.24, 2.45) is 0 Å². The topological polar surface area (TPSA) is 96.0 Å². The summed E-state index contributed by atoms with van der Waals surface area (Å²) in [6.45, 7) is 6.62. The number of aryl methyl sites for hydroxylation is 1. The Kier molecular flexibility index (Phi) is 11.7. The molecule has 1 unspecified atom stereocenters. The Morgan fingerprint density at radius 1 is 1.02 bits per heavy atom. The van der Waals surface area contributed by atoms with Crippen molar-refractivity contribution in [3.05, 3.63) is 86.3 Å². The number of carbonyl (C=O) groups is 2. The molecule has 0 radical (unpaired) electrons. The molecule has 3 aromatic rings. The lowest BCUT2D eigenvalue weighted by Gasteiger charge is -2.34. The molecule has 0 heterocycles. The van der Waals surface area contributed by atoms with E-state index in [1.807, 2.05) is 20.8 Å². The molecule has 8 nitrogen and oxygen atoms in total. The van der Waals surface area contributed by atoms with Crippen molar-refractivity contribution in [3.63, 3.8) is 0 Å². The van der Waals surface area contributed by atoms with E-state index in [2.05, 4.69) is 21.2 Å². The van der Waals surface area contributed by atoms with Gasteiger partial charge in [-0.15, -0.1) is 0 Å². The molecule has 3 aromatic carbocycles. The molecule has 2 amide bonds. The molecule has 226 valence electrons. The van der Waals surface area contributed by atoms with Crippen LogP contribution in [-0.2, 0) is 26.2 Å². The Labute approximate surface area is 266 Å². The van der Waals surface area contributed by atoms with E-state index in [9.17, 15) is 18.0 Å². The first-order valence-corrected chi connectivity index (χ1v) is 16.2. The lowest BCUT2D eigenvalue weighted by atomic mass is 10.1. The van der Waals surface area contributed by atoms with Crippen LogP contribution in [0.2, 0.25) is 10.0 Å². The number of rotatable bonds is 12. The minimum Gasteiger partial charge on any atom is -0.496 e. The number of hydrogen-bond acceptors (Lipinski definition) is 5. The molecule has 0 bridgehead atoms. The molecule has 12 heteroatoms. The minimum absolute atomic E-state index is 0.0474. The Bertz CT molecular complexity index is 1510. The van der Waals surface area contributed by atoms with Crippen LogP contribution in [0.3, 0.4) is 0 Å². The van der Waals surface area contributed by atoms with Gasteiger partial charge in [0.2, 0.25) is 11.8 Å². The molecule has 0 aliphatic rings. The molecule has 0 spiro atoms. The summed E-state index contributed by atoms with van der Waals surface area (Å²) < 4.78 is 34.9. The Balaban J connectivity index is 2.12. The number of carbonyl (C=O) groups excluding carboxylic acids is 2. The molecular weight excluding hydrogens is 665 g/mol. The van der Waals surface area contributed by atoms with Crippen LogP contribution in [0.25, 0.3) is 0 Å². The van der Waals surface area contributed by atoms with Gasteiger partial charge in [-0.05, 0) is 85.6 Å². The summed E-state index contributed by atoms with van der Waals surface area (Å²) in [7, 11) is -2.78. The first-order chi connectivity index (χ1) is 19.8. The van der Waals surface area contributed by atoms with E-state index in [4.69, 9.17) is 27.9 Å². The maximum absolute atomic E-state index is 14.2. The van der Waals surface area contributed by atoms with Crippen LogP contribution >= 0.6 is 39.1 Å². The largest absolute Gasteiger partial charge is 0.496 e. The molecule has 1 atom stereocenters. The second-order valence-corrected chi connectivity index (χ2v) is 13.5. The van der Waals surface area contributed by atoms with Crippen molar-refractivity contribution in [1.82, 2.24) is 10.2 Å². The number of nitrogens with one attached hydrogen (secondary N) is 1. The van der Waals surface area contributed by atoms with Crippen LogP contribution in [0.15, 0.2) is 70.0 Å². The normalized spacial score (nSPS) is 12.1. The van der Waals surface area contributed by atoms with Crippen LogP contribution < -0.4 is 14.4 Å². The molecule has 0 aromatic heterocycles. The van der Waals surface area contributed by atoms with Gasteiger partial charge in [-0.2, -0.15) is 0 Å². The second-order valence-electron chi connectivity index (χ2n) is 9.95. The number of amides is 2. The van der Waals surface area contributed by atoms with Crippen molar-refractivity contribution in [1.29, 1.82) is 0 Å². The monoisotopic (exact) mass is 697 g/mol. The summed E-state index contributed by atoms with van der Waals surface area (Å²) in [5, 5.41) is 3.51. The third-order valence-corrected chi connectivity index (χ3v) is 9.62. The summed E-state index contributed by atoms with van der Waals surface area (Å²) in [6.07, 6.45) is 0.273. The number of anilines is 1. The van der Waals surface area contributed by atoms with Crippen molar-refractivity contribution < 1.29 is 22.7 Å². The number of ether oxygens (including phenoxy) is 1. The van der Waals surface area contributed by atoms with E-state index < -0.39 is 28.5 Å². The summed E-state index contributed by atoms with van der Waals surface area (Å²) in [5.74, 6) is -0.516. The fourth-order valence-corrected chi connectivity index (χ4v) is 6.98. The van der Waals surface area contributed by atoms with Gasteiger partial charge in [-0.25, -0.2) is 8.42 Å². The first kappa shape index (κ1) is 33.7. The van der Waals surface area contributed by atoms with Crippen LogP contribution in [0.4, 0.5) is 5.69 Å². The van der Waals surface area contributed by atoms with E-state index in [1.165, 1.54) is 30.2 Å². The Hall–Kier alpha value is -2.79. The van der Waals surface area contributed by atoms with E-state index in [0.717, 1.165) is 9.87 Å². The molecule has 0 fully saturated rings.